The van der Waals surface area contributed by atoms with E-state index in [1.54, 1.807) is 13.8 Å². The maximum absolute atomic E-state index is 12.2. The van der Waals surface area contributed by atoms with Gasteiger partial charge in [-0.2, -0.15) is 0 Å². The minimum absolute atomic E-state index is 0.0423. The van der Waals surface area contributed by atoms with Gasteiger partial charge in [0.1, 0.15) is 30.5 Å². The van der Waals surface area contributed by atoms with E-state index in [4.69, 9.17) is 28.4 Å². The van der Waals surface area contributed by atoms with Crippen LogP contribution in [0.5, 0.6) is 0 Å². The molecule has 320 valence electrons. The van der Waals surface area contributed by atoms with Crippen LogP contribution in [-0.4, -0.2) is 140 Å². The maximum Gasteiger partial charge on any atom is 0.303 e. The van der Waals surface area contributed by atoms with Crippen LogP contribution in [0.15, 0.2) is 0 Å². The van der Waals surface area contributed by atoms with Crippen LogP contribution in [0.25, 0.3) is 0 Å². The van der Waals surface area contributed by atoms with Gasteiger partial charge in [-0.05, 0) is 117 Å². The fourth-order valence-electron chi connectivity index (χ4n) is 14.9. The van der Waals surface area contributed by atoms with Crippen LogP contribution in [-0.2, 0) is 33.2 Å². The highest BCUT2D eigenvalue weighted by Gasteiger charge is 2.85. The Labute approximate surface area is 330 Å². The van der Waals surface area contributed by atoms with Gasteiger partial charge in [0.2, 0.25) is 0 Å². The molecule has 2 spiro atoms. The summed E-state index contributed by atoms with van der Waals surface area (Å²) >= 11 is 0. The number of carbonyl (C=O) groups is 1. The van der Waals surface area contributed by atoms with Crippen LogP contribution in [0, 0.1) is 44.8 Å². The van der Waals surface area contributed by atoms with Crippen molar-refractivity contribution >= 4 is 5.97 Å². The molecule has 20 unspecified atom stereocenters. The fraction of sp³-hybridized carbons (Fsp3) is 0.976. The molecule has 0 aromatic rings. The van der Waals surface area contributed by atoms with Crippen molar-refractivity contribution in [2.45, 2.75) is 198 Å². The monoisotopic (exact) mass is 796 g/mol. The molecule has 3 saturated heterocycles. The third kappa shape index (κ3) is 5.89. The lowest BCUT2D eigenvalue weighted by Crippen LogP contribution is -2.65. The lowest BCUT2D eigenvalue weighted by Gasteiger charge is -2.65. The number of fused-ring (bicyclic) bond motifs is 2. The Bertz CT molecular complexity index is 1520. The summed E-state index contributed by atoms with van der Waals surface area (Å²) in [7, 11) is 0. The first-order valence-corrected chi connectivity index (χ1v) is 21.2. The van der Waals surface area contributed by atoms with E-state index in [1.165, 1.54) is 6.92 Å². The molecule has 0 aromatic carbocycles. The average molecular weight is 797 g/mol. The topological polar surface area (TPSA) is 214 Å². The SMILES string of the molecule is CC(=O)OC1C(OC2CCC34CC35CCC3(C)C(C6(C)CCC(C(C)(C)O)O6)C(O)CC3(C)C5CC(OC3OCC(O)C(O)C3O)C4C2(C)C)OCC(O)C1O. The molecule has 3 heterocycles. The van der Waals surface area contributed by atoms with Gasteiger partial charge in [0.25, 0.3) is 0 Å². The summed E-state index contributed by atoms with van der Waals surface area (Å²) in [5.41, 5.74) is -3.02. The first-order chi connectivity index (χ1) is 26.0. The van der Waals surface area contributed by atoms with E-state index in [2.05, 4.69) is 34.6 Å². The van der Waals surface area contributed by atoms with Gasteiger partial charge >= 0.3 is 5.97 Å². The quantitative estimate of drug-likeness (QED) is 0.145. The normalized spacial score (nSPS) is 56.4. The van der Waals surface area contributed by atoms with Crippen LogP contribution in [0.2, 0.25) is 0 Å². The van der Waals surface area contributed by atoms with Crippen molar-refractivity contribution in [3.05, 3.63) is 0 Å². The Morgan fingerprint density at radius 1 is 0.732 bits per heavy atom. The lowest BCUT2D eigenvalue weighted by molar-refractivity contribution is -0.326. The van der Waals surface area contributed by atoms with E-state index < -0.39 is 90.1 Å². The van der Waals surface area contributed by atoms with Crippen molar-refractivity contribution in [2.24, 2.45) is 44.8 Å². The lowest BCUT2D eigenvalue weighted by atomic mass is 9.41. The van der Waals surface area contributed by atoms with Crippen molar-refractivity contribution in [1.82, 2.24) is 0 Å². The largest absolute Gasteiger partial charge is 0.454 e. The standard InChI is InChI=1S/C42H68O14/c1-20(43)53-31-29(48)23(46)18-52-35(31)55-26-10-12-42-19-41(42)14-13-38(6)32(40(8)11-9-27(56-40)37(4,5)50)21(44)16-39(38,7)25(41)15-24(33(42)36(26,2)3)54-34-30(49)28(47)22(45)17-51-34/h21-35,44-50H,9-19H2,1-8H3. The maximum atomic E-state index is 12.2. The Kier molecular flexibility index (Phi) is 10.1. The third-order valence-corrected chi connectivity index (χ3v) is 17.5. The van der Waals surface area contributed by atoms with Gasteiger partial charge < -0.3 is 64.2 Å². The molecule has 7 N–H and O–H groups in total. The highest BCUT2D eigenvalue weighted by Crippen LogP contribution is 2.89. The number of ether oxygens (including phenoxy) is 6. The Balaban J connectivity index is 1.14. The minimum atomic E-state index is -1.47. The van der Waals surface area contributed by atoms with Crippen LogP contribution in [0.3, 0.4) is 0 Å². The number of hydrogen-bond donors (Lipinski definition) is 7. The summed E-state index contributed by atoms with van der Waals surface area (Å²) < 4.78 is 37.6. The van der Waals surface area contributed by atoms with Gasteiger partial charge in [0.05, 0.1) is 48.8 Å². The van der Waals surface area contributed by atoms with Crippen molar-refractivity contribution in [1.29, 1.82) is 0 Å². The first-order valence-electron chi connectivity index (χ1n) is 21.2. The molecule has 20 atom stereocenters. The molecule has 56 heavy (non-hydrogen) atoms. The smallest absolute Gasteiger partial charge is 0.303 e. The molecule has 5 aliphatic carbocycles. The summed E-state index contributed by atoms with van der Waals surface area (Å²) in [5.74, 6) is -0.753. The molecule has 5 saturated carbocycles. The zero-order chi connectivity index (χ0) is 40.8. The second kappa shape index (κ2) is 13.5. The molecule has 14 heteroatoms. The number of carbonyl (C=O) groups excluding carboxylic acids is 1. The Morgan fingerprint density at radius 2 is 1.39 bits per heavy atom. The molecule has 3 aliphatic heterocycles. The van der Waals surface area contributed by atoms with Crippen LogP contribution >= 0.6 is 0 Å². The van der Waals surface area contributed by atoms with Crippen molar-refractivity contribution in [2.75, 3.05) is 13.2 Å². The Morgan fingerprint density at radius 3 is 2.04 bits per heavy atom. The zero-order valence-corrected chi connectivity index (χ0v) is 34.4. The van der Waals surface area contributed by atoms with Crippen LogP contribution < -0.4 is 0 Å². The minimum Gasteiger partial charge on any atom is -0.454 e. The summed E-state index contributed by atoms with van der Waals surface area (Å²) in [6.45, 7) is 15.6. The van der Waals surface area contributed by atoms with Gasteiger partial charge in [-0.3, -0.25) is 4.79 Å². The van der Waals surface area contributed by atoms with Gasteiger partial charge in [0, 0.05) is 12.8 Å². The molecule has 0 bridgehead atoms. The predicted molar refractivity (Wildman–Crippen MR) is 197 cm³/mol. The third-order valence-electron chi connectivity index (χ3n) is 17.5. The fourth-order valence-corrected chi connectivity index (χ4v) is 14.9. The van der Waals surface area contributed by atoms with Gasteiger partial charge in [0.15, 0.2) is 18.7 Å². The number of aliphatic hydroxyl groups is 7. The molecular weight excluding hydrogens is 728 g/mol. The van der Waals surface area contributed by atoms with Gasteiger partial charge in [-0.25, -0.2) is 0 Å². The summed E-state index contributed by atoms with van der Waals surface area (Å²) in [5, 5.41) is 76.5. The first kappa shape index (κ1) is 41.7. The molecule has 0 amide bonds. The molecule has 8 aliphatic rings. The van der Waals surface area contributed by atoms with E-state index in [-0.39, 0.29) is 58.7 Å². The number of rotatable bonds is 7. The highest BCUT2D eigenvalue weighted by molar-refractivity contribution is 5.66. The average Bonchev–Trinajstić information content (AvgIpc) is 3.46. The van der Waals surface area contributed by atoms with Gasteiger partial charge in [-0.1, -0.05) is 27.7 Å². The van der Waals surface area contributed by atoms with E-state index in [1.807, 2.05) is 0 Å². The highest BCUT2D eigenvalue weighted by atomic mass is 16.7. The van der Waals surface area contributed by atoms with E-state index in [0.717, 1.165) is 38.5 Å². The molecular formula is C42H68O14. The summed E-state index contributed by atoms with van der Waals surface area (Å²) in [4.78, 5) is 12.1. The molecule has 14 nitrogen and oxygen atoms in total. The van der Waals surface area contributed by atoms with Gasteiger partial charge in [-0.15, -0.1) is 0 Å². The van der Waals surface area contributed by atoms with Crippen molar-refractivity contribution < 1.29 is 69.0 Å². The molecule has 0 radical (unpaired) electrons. The molecule has 0 aromatic heterocycles. The van der Waals surface area contributed by atoms with Crippen LogP contribution in [0.4, 0.5) is 0 Å². The van der Waals surface area contributed by atoms with E-state index >= 15 is 0 Å². The predicted octanol–water partition coefficient (Wildman–Crippen LogP) is 1.93. The van der Waals surface area contributed by atoms with E-state index in [0.29, 0.717) is 19.3 Å². The molecule has 8 rings (SSSR count). The summed E-state index contributed by atoms with van der Waals surface area (Å²) in [6.07, 6.45) is -5.11. The second-order valence-electron chi connectivity index (χ2n) is 21.2. The molecule has 8 fully saturated rings. The van der Waals surface area contributed by atoms with Crippen molar-refractivity contribution in [3.63, 3.8) is 0 Å². The van der Waals surface area contributed by atoms with Crippen molar-refractivity contribution in [3.8, 4) is 0 Å². The second-order valence-corrected chi connectivity index (χ2v) is 21.2. The van der Waals surface area contributed by atoms with E-state index in [9.17, 15) is 40.5 Å². The Hall–Kier alpha value is -1.01. The van der Waals surface area contributed by atoms with Crippen LogP contribution in [0.1, 0.15) is 113 Å². The summed E-state index contributed by atoms with van der Waals surface area (Å²) in [6, 6.07) is 0. The zero-order valence-electron chi connectivity index (χ0n) is 34.4. The number of esters is 1. The number of aliphatic hydroxyl groups excluding tert-OH is 6. The number of hydrogen-bond acceptors (Lipinski definition) is 14.